The van der Waals surface area contributed by atoms with Gasteiger partial charge >= 0.3 is 5.97 Å². The van der Waals surface area contributed by atoms with Gasteiger partial charge in [0.25, 0.3) is 5.91 Å². The molecule has 0 unspecified atom stereocenters. The lowest BCUT2D eigenvalue weighted by Crippen LogP contribution is -2.14. The molecule has 1 aromatic heterocycles. The molecule has 0 atom stereocenters. The minimum absolute atomic E-state index is 0.0903. The summed E-state index contributed by atoms with van der Waals surface area (Å²) < 4.78 is 18.1. The molecule has 0 saturated heterocycles. The van der Waals surface area contributed by atoms with Crippen molar-refractivity contribution in [2.24, 2.45) is 0 Å². The molecule has 0 aliphatic heterocycles. The molecule has 1 amide bonds. The molecule has 28 heavy (non-hydrogen) atoms. The number of ether oxygens (including phenoxy) is 1. The summed E-state index contributed by atoms with van der Waals surface area (Å²) in [6.45, 7) is 2.06. The van der Waals surface area contributed by atoms with Crippen LogP contribution in [-0.2, 0) is 4.74 Å². The Morgan fingerprint density at radius 2 is 1.82 bits per heavy atom. The van der Waals surface area contributed by atoms with Crippen molar-refractivity contribution in [3.63, 3.8) is 0 Å². The quantitative estimate of drug-likeness (QED) is 0.632. The van der Waals surface area contributed by atoms with Crippen LogP contribution in [0.1, 0.15) is 27.8 Å². The number of hydrogen-bond acceptors (Lipinski definition) is 6. The van der Waals surface area contributed by atoms with E-state index in [1.807, 2.05) is 0 Å². The molecule has 0 radical (unpaired) electrons. The first kappa shape index (κ1) is 19.0. The molecule has 0 aliphatic rings. The molecular weight excluding hydrogens is 363 g/mol. The Kier molecular flexibility index (Phi) is 5.91. The Morgan fingerprint density at radius 3 is 2.46 bits per heavy atom. The average molecular weight is 380 g/mol. The number of anilines is 3. The van der Waals surface area contributed by atoms with Gasteiger partial charge in [0.15, 0.2) is 0 Å². The molecule has 2 N–H and O–H groups in total. The van der Waals surface area contributed by atoms with Gasteiger partial charge in [-0.2, -0.15) is 0 Å². The van der Waals surface area contributed by atoms with Crippen molar-refractivity contribution in [1.82, 2.24) is 9.97 Å². The number of esters is 1. The topological polar surface area (TPSA) is 93.2 Å². The highest BCUT2D eigenvalue weighted by atomic mass is 19.1. The first-order chi connectivity index (χ1) is 13.5. The Bertz CT molecular complexity index is 976. The number of nitrogens with zero attached hydrogens (tertiary/aromatic N) is 2. The first-order valence-electron chi connectivity index (χ1n) is 8.48. The zero-order valence-corrected chi connectivity index (χ0v) is 15.0. The molecule has 7 nitrogen and oxygen atoms in total. The van der Waals surface area contributed by atoms with Gasteiger partial charge in [-0.25, -0.2) is 19.2 Å². The van der Waals surface area contributed by atoms with Crippen molar-refractivity contribution in [3.8, 4) is 0 Å². The molecular formula is C20H17FN4O3. The minimum Gasteiger partial charge on any atom is -0.462 e. The lowest BCUT2D eigenvalue weighted by atomic mass is 10.2. The van der Waals surface area contributed by atoms with E-state index in [4.69, 9.17) is 4.74 Å². The van der Waals surface area contributed by atoms with E-state index in [9.17, 15) is 14.0 Å². The van der Waals surface area contributed by atoms with Crippen LogP contribution in [0, 0.1) is 5.82 Å². The fraction of sp³-hybridized carbons (Fsp3) is 0.100. The third kappa shape index (κ3) is 4.88. The summed E-state index contributed by atoms with van der Waals surface area (Å²) in [5.74, 6) is -0.908. The molecule has 0 spiro atoms. The number of carbonyl (C=O) groups excluding carboxylic acids is 2. The van der Waals surface area contributed by atoms with Crippen LogP contribution in [0.15, 0.2) is 60.9 Å². The van der Waals surface area contributed by atoms with Gasteiger partial charge in [0.05, 0.1) is 24.6 Å². The Balaban J connectivity index is 1.62. The van der Waals surface area contributed by atoms with Gasteiger partial charge in [-0.05, 0) is 49.4 Å². The van der Waals surface area contributed by atoms with Crippen molar-refractivity contribution < 1.29 is 18.7 Å². The van der Waals surface area contributed by atoms with Crippen LogP contribution < -0.4 is 10.6 Å². The SMILES string of the molecule is CCOC(=O)c1ccc(Nc2cnc(C(=O)Nc3cccc(F)c3)cn2)cc1. The van der Waals surface area contributed by atoms with E-state index >= 15 is 0 Å². The number of carbonyl (C=O) groups is 2. The van der Waals surface area contributed by atoms with E-state index in [1.165, 1.54) is 30.6 Å². The highest BCUT2D eigenvalue weighted by Gasteiger charge is 2.10. The summed E-state index contributed by atoms with van der Waals surface area (Å²) in [5, 5.41) is 5.57. The Morgan fingerprint density at radius 1 is 1.04 bits per heavy atom. The van der Waals surface area contributed by atoms with Crippen LogP contribution in [-0.4, -0.2) is 28.5 Å². The maximum Gasteiger partial charge on any atom is 0.338 e. The Hall–Kier alpha value is -3.81. The second kappa shape index (κ2) is 8.72. The molecule has 1 heterocycles. The van der Waals surface area contributed by atoms with Crippen LogP contribution in [0.25, 0.3) is 0 Å². The maximum absolute atomic E-state index is 13.2. The summed E-state index contributed by atoms with van der Waals surface area (Å²) >= 11 is 0. The fourth-order valence-electron chi connectivity index (χ4n) is 2.32. The smallest absolute Gasteiger partial charge is 0.338 e. The average Bonchev–Trinajstić information content (AvgIpc) is 2.69. The molecule has 0 bridgehead atoms. The van der Waals surface area contributed by atoms with Crippen LogP contribution in [0.2, 0.25) is 0 Å². The number of hydrogen-bond donors (Lipinski definition) is 2. The van der Waals surface area contributed by atoms with Crippen molar-refractivity contribution in [2.75, 3.05) is 17.2 Å². The predicted octanol–water partition coefficient (Wildman–Crippen LogP) is 3.79. The number of nitrogens with one attached hydrogen (secondary N) is 2. The van der Waals surface area contributed by atoms with E-state index < -0.39 is 11.7 Å². The summed E-state index contributed by atoms with van der Waals surface area (Å²) in [6, 6.07) is 12.2. The summed E-state index contributed by atoms with van der Waals surface area (Å²) in [6.07, 6.45) is 2.71. The third-order valence-corrected chi connectivity index (χ3v) is 3.64. The van der Waals surface area contributed by atoms with Gasteiger partial charge in [0.2, 0.25) is 0 Å². The molecule has 0 saturated carbocycles. The van der Waals surface area contributed by atoms with Crippen LogP contribution in [0.3, 0.4) is 0 Å². The highest BCUT2D eigenvalue weighted by molar-refractivity contribution is 6.02. The van der Waals surface area contributed by atoms with Gasteiger partial charge in [-0.1, -0.05) is 6.07 Å². The number of benzene rings is 2. The largest absolute Gasteiger partial charge is 0.462 e. The molecule has 2 aromatic carbocycles. The highest BCUT2D eigenvalue weighted by Crippen LogP contribution is 2.16. The van der Waals surface area contributed by atoms with Crippen molar-refractivity contribution in [1.29, 1.82) is 0 Å². The predicted molar refractivity (Wildman–Crippen MR) is 102 cm³/mol. The lowest BCUT2D eigenvalue weighted by Gasteiger charge is -2.08. The van der Waals surface area contributed by atoms with E-state index in [2.05, 4.69) is 20.6 Å². The van der Waals surface area contributed by atoms with Gasteiger partial charge in [0.1, 0.15) is 17.3 Å². The zero-order valence-electron chi connectivity index (χ0n) is 15.0. The summed E-state index contributed by atoms with van der Waals surface area (Å²) in [4.78, 5) is 32.0. The molecule has 8 heteroatoms. The van der Waals surface area contributed by atoms with Gasteiger partial charge in [-0.15, -0.1) is 0 Å². The number of halogens is 1. The van der Waals surface area contributed by atoms with Crippen LogP contribution in [0.5, 0.6) is 0 Å². The van der Waals surface area contributed by atoms with Gasteiger partial charge in [0, 0.05) is 11.4 Å². The number of amides is 1. The van der Waals surface area contributed by atoms with Crippen LogP contribution in [0.4, 0.5) is 21.6 Å². The van der Waals surface area contributed by atoms with E-state index in [0.29, 0.717) is 29.4 Å². The second-order valence-electron chi connectivity index (χ2n) is 5.67. The van der Waals surface area contributed by atoms with Crippen LogP contribution >= 0.6 is 0 Å². The van der Waals surface area contributed by atoms with Gasteiger partial charge in [-0.3, -0.25) is 4.79 Å². The summed E-state index contributed by atoms with van der Waals surface area (Å²) in [7, 11) is 0. The van der Waals surface area contributed by atoms with E-state index in [0.717, 1.165) is 0 Å². The molecule has 3 aromatic rings. The lowest BCUT2D eigenvalue weighted by molar-refractivity contribution is 0.0526. The van der Waals surface area contributed by atoms with Gasteiger partial charge < -0.3 is 15.4 Å². The van der Waals surface area contributed by atoms with Crippen molar-refractivity contribution in [3.05, 3.63) is 78.0 Å². The number of aromatic nitrogens is 2. The van der Waals surface area contributed by atoms with Crippen molar-refractivity contribution in [2.45, 2.75) is 6.92 Å². The standard InChI is InChI=1S/C20H17FN4O3/c1-2-28-20(27)13-6-8-15(9-7-13)24-18-12-22-17(11-23-18)19(26)25-16-5-3-4-14(21)10-16/h3-12H,2H2,1H3,(H,23,24)(H,25,26). The molecule has 0 aliphatic carbocycles. The third-order valence-electron chi connectivity index (χ3n) is 3.64. The zero-order chi connectivity index (χ0) is 19.9. The minimum atomic E-state index is -0.497. The Labute approximate surface area is 160 Å². The monoisotopic (exact) mass is 380 g/mol. The normalized spacial score (nSPS) is 10.2. The maximum atomic E-state index is 13.2. The molecule has 0 fully saturated rings. The molecule has 3 rings (SSSR count). The second-order valence-corrected chi connectivity index (χ2v) is 5.67. The van der Waals surface area contributed by atoms with Crippen molar-refractivity contribution >= 4 is 29.1 Å². The van der Waals surface area contributed by atoms with E-state index in [1.54, 1.807) is 37.3 Å². The fourth-order valence-corrected chi connectivity index (χ4v) is 2.32. The first-order valence-corrected chi connectivity index (χ1v) is 8.48. The number of rotatable bonds is 6. The van der Waals surface area contributed by atoms with E-state index in [-0.39, 0.29) is 11.7 Å². The molecule has 142 valence electrons. The summed E-state index contributed by atoms with van der Waals surface area (Å²) in [5.41, 5.74) is 1.56.